The van der Waals surface area contributed by atoms with Gasteiger partial charge in [-0.15, -0.1) is 0 Å². The molecule has 2 aromatic rings. The maximum absolute atomic E-state index is 11.4. The van der Waals surface area contributed by atoms with E-state index in [0.717, 1.165) is 17.3 Å². The molecule has 0 fully saturated rings. The quantitative estimate of drug-likeness (QED) is 0.653. The molecule has 0 aliphatic rings. The molecule has 0 saturated carbocycles. The number of rotatable bonds is 5. The van der Waals surface area contributed by atoms with Crippen molar-refractivity contribution in [2.24, 2.45) is 0 Å². The minimum absolute atomic E-state index is 0.0863. The zero-order chi connectivity index (χ0) is 14.5. The van der Waals surface area contributed by atoms with Crippen molar-refractivity contribution in [3.8, 4) is 0 Å². The van der Waals surface area contributed by atoms with Gasteiger partial charge >= 0.3 is 5.97 Å². The molecule has 0 bridgehead atoms. The van der Waals surface area contributed by atoms with Crippen molar-refractivity contribution < 1.29 is 9.90 Å². The summed E-state index contributed by atoms with van der Waals surface area (Å²) in [5, 5.41) is 8.65. The number of carbonyl (C=O) groups is 1. The largest absolute Gasteiger partial charge is 0.480 e. The predicted octanol–water partition coefficient (Wildman–Crippen LogP) is 2.21. The van der Waals surface area contributed by atoms with Crippen molar-refractivity contribution in [1.29, 1.82) is 0 Å². The summed E-state index contributed by atoms with van der Waals surface area (Å²) in [7, 11) is 0. The fourth-order valence-corrected chi connectivity index (χ4v) is 2.78. The number of nitrogens with zero attached hydrogens (tertiary/aromatic N) is 1. The number of nitrogens with one attached hydrogen (secondary N) is 1. The van der Waals surface area contributed by atoms with Gasteiger partial charge < -0.3 is 10.1 Å². The van der Waals surface area contributed by atoms with Crippen molar-refractivity contribution in [2.45, 2.75) is 16.7 Å². The Hall–Kier alpha value is -1.79. The van der Waals surface area contributed by atoms with Crippen molar-refractivity contribution in [3.05, 3.63) is 57.6 Å². The number of aromatic amines is 1. The lowest BCUT2D eigenvalue weighted by atomic mass is 10.1. The van der Waals surface area contributed by atoms with Crippen LogP contribution in [0.25, 0.3) is 0 Å². The molecule has 5 nitrogen and oxygen atoms in total. The lowest BCUT2D eigenvalue weighted by Gasteiger charge is -2.11. The third kappa shape index (κ3) is 3.61. The molecule has 7 heteroatoms. The van der Waals surface area contributed by atoms with Gasteiger partial charge in [0.05, 0.1) is 6.33 Å². The standard InChI is InChI=1S/C13H11ClN2O3S/c14-10-11(17)15-7-16-12(10)20-9(13(18)19)6-8-4-2-1-3-5-8/h1-5,7,9H,6H2,(H,18,19)(H,15,16,17). The molecule has 1 heterocycles. The van der Waals surface area contributed by atoms with Gasteiger partial charge in [0.25, 0.3) is 5.56 Å². The van der Waals surface area contributed by atoms with Gasteiger partial charge in [0.1, 0.15) is 15.3 Å². The first kappa shape index (κ1) is 14.6. The SMILES string of the molecule is O=C(O)C(Cc1ccccc1)Sc1nc[nH]c(=O)c1Cl. The lowest BCUT2D eigenvalue weighted by molar-refractivity contribution is -0.136. The van der Waals surface area contributed by atoms with Crippen LogP contribution in [-0.4, -0.2) is 26.3 Å². The number of hydrogen-bond acceptors (Lipinski definition) is 4. The maximum Gasteiger partial charge on any atom is 0.317 e. The highest BCUT2D eigenvalue weighted by Crippen LogP contribution is 2.27. The van der Waals surface area contributed by atoms with E-state index in [2.05, 4.69) is 9.97 Å². The van der Waals surface area contributed by atoms with Crippen molar-refractivity contribution in [1.82, 2.24) is 9.97 Å². The van der Waals surface area contributed by atoms with Gasteiger partial charge in [-0.05, 0) is 12.0 Å². The van der Waals surface area contributed by atoms with E-state index >= 15 is 0 Å². The molecule has 2 rings (SSSR count). The first-order valence-corrected chi connectivity index (χ1v) is 7.00. The number of hydrogen-bond donors (Lipinski definition) is 2. The number of carboxylic acids is 1. The van der Waals surface area contributed by atoms with Crippen LogP contribution in [0.5, 0.6) is 0 Å². The number of halogens is 1. The second-order valence-electron chi connectivity index (χ2n) is 3.99. The summed E-state index contributed by atoms with van der Waals surface area (Å²) in [4.78, 5) is 28.9. The van der Waals surface area contributed by atoms with Gasteiger partial charge in [0.15, 0.2) is 0 Å². The number of carboxylic acid groups (broad SMARTS) is 1. The lowest BCUT2D eigenvalue weighted by Crippen LogP contribution is -2.20. The van der Waals surface area contributed by atoms with E-state index in [-0.39, 0.29) is 10.0 Å². The maximum atomic E-state index is 11.4. The van der Waals surface area contributed by atoms with E-state index in [1.54, 1.807) is 0 Å². The highest BCUT2D eigenvalue weighted by Gasteiger charge is 2.22. The van der Waals surface area contributed by atoms with Gasteiger partial charge in [0, 0.05) is 0 Å². The summed E-state index contributed by atoms with van der Waals surface area (Å²) in [6, 6.07) is 9.25. The Kier molecular flexibility index (Phi) is 4.81. The molecule has 0 saturated heterocycles. The Balaban J connectivity index is 2.20. The monoisotopic (exact) mass is 310 g/mol. The summed E-state index contributed by atoms with van der Waals surface area (Å²) in [5.41, 5.74) is 0.418. The van der Waals surface area contributed by atoms with E-state index < -0.39 is 16.8 Å². The molecule has 1 unspecified atom stereocenters. The second-order valence-corrected chi connectivity index (χ2v) is 5.55. The number of aliphatic carboxylic acids is 1. The zero-order valence-electron chi connectivity index (χ0n) is 10.2. The van der Waals surface area contributed by atoms with Crippen LogP contribution in [0.3, 0.4) is 0 Å². The van der Waals surface area contributed by atoms with Crippen molar-refractivity contribution in [3.63, 3.8) is 0 Å². The van der Waals surface area contributed by atoms with Crippen LogP contribution in [0.15, 0.2) is 46.5 Å². The van der Waals surface area contributed by atoms with E-state index in [0.29, 0.717) is 6.42 Å². The van der Waals surface area contributed by atoms with Crippen LogP contribution in [0.1, 0.15) is 5.56 Å². The number of benzene rings is 1. The predicted molar refractivity (Wildman–Crippen MR) is 77.3 cm³/mol. The number of aromatic nitrogens is 2. The molecular formula is C13H11ClN2O3S. The number of H-pyrrole nitrogens is 1. The average molecular weight is 311 g/mol. The van der Waals surface area contributed by atoms with Crippen molar-refractivity contribution >= 4 is 29.3 Å². The Bertz CT molecular complexity index is 660. The van der Waals surface area contributed by atoms with Gasteiger partial charge in [0.2, 0.25) is 0 Å². The van der Waals surface area contributed by atoms with E-state index in [9.17, 15) is 14.7 Å². The van der Waals surface area contributed by atoms with E-state index in [1.807, 2.05) is 30.3 Å². The molecule has 1 aromatic heterocycles. The van der Waals surface area contributed by atoms with Gasteiger partial charge in [-0.3, -0.25) is 9.59 Å². The molecule has 0 amide bonds. The second kappa shape index (κ2) is 6.58. The minimum Gasteiger partial charge on any atom is -0.480 e. The number of thioether (sulfide) groups is 1. The van der Waals surface area contributed by atoms with Crippen LogP contribution < -0.4 is 5.56 Å². The summed E-state index contributed by atoms with van der Waals surface area (Å²) in [6.45, 7) is 0. The summed E-state index contributed by atoms with van der Waals surface area (Å²) >= 11 is 6.79. The first-order chi connectivity index (χ1) is 9.58. The molecule has 0 aliphatic carbocycles. The Morgan fingerprint density at radius 2 is 2.10 bits per heavy atom. The Morgan fingerprint density at radius 3 is 2.75 bits per heavy atom. The zero-order valence-corrected chi connectivity index (χ0v) is 11.8. The average Bonchev–Trinajstić information content (AvgIpc) is 2.44. The summed E-state index contributed by atoms with van der Waals surface area (Å²) in [5.74, 6) is -0.975. The molecule has 0 aliphatic heterocycles. The Morgan fingerprint density at radius 1 is 1.40 bits per heavy atom. The topological polar surface area (TPSA) is 83.0 Å². The minimum atomic E-state index is -0.975. The van der Waals surface area contributed by atoms with Gasteiger partial charge in [-0.2, -0.15) is 0 Å². The molecule has 1 atom stereocenters. The third-order valence-electron chi connectivity index (χ3n) is 2.56. The molecule has 0 spiro atoms. The molecule has 104 valence electrons. The highest BCUT2D eigenvalue weighted by atomic mass is 35.5. The normalized spacial score (nSPS) is 12.1. The fraction of sp³-hybridized carbons (Fsp3) is 0.154. The van der Waals surface area contributed by atoms with Crippen LogP contribution >= 0.6 is 23.4 Å². The first-order valence-electron chi connectivity index (χ1n) is 5.74. The molecular weight excluding hydrogens is 300 g/mol. The van der Waals surface area contributed by atoms with E-state index in [4.69, 9.17) is 11.6 Å². The van der Waals surface area contributed by atoms with Crippen LogP contribution in [0.4, 0.5) is 0 Å². The van der Waals surface area contributed by atoms with E-state index in [1.165, 1.54) is 6.33 Å². The van der Waals surface area contributed by atoms with Crippen molar-refractivity contribution in [2.75, 3.05) is 0 Å². The third-order valence-corrected chi connectivity index (χ3v) is 4.21. The van der Waals surface area contributed by atoms with Gasteiger partial charge in [-0.25, -0.2) is 4.98 Å². The molecule has 2 N–H and O–H groups in total. The van der Waals surface area contributed by atoms with Crippen LogP contribution in [-0.2, 0) is 11.2 Å². The smallest absolute Gasteiger partial charge is 0.317 e. The molecule has 20 heavy (non-hydrogen) atoms. The fourth-order valence-electron chi connectivity index (χ4n) is 1.59. The summed E-state index contributed by atoms with van der Waals surface area (Å²) in [6.07, 6.45) is 1.53. The van der Waals surface area contributed by atoms with Crippen LogP contribution in [0.2, 0.25) is 5.02 Å². The Labute approximate surface area is 124 Å². The molecule has 0 radical (unpaired) electrons. The van der Waals surface area contributed by atoms with Gasteiger partial charge in [-0.1, -0.05) is 53.7 Å². The summed E-state index contributed by atoms with van der Waals surface area (Å²) < 4.78 is 0. The van der Waals surface area contributed by atoms with Crippen LogP contribution in [0, 0.1) is 0 Å². The molecule has 1 aromatic carbocycles. The highest BCUT2D eigenvalue weighted by molar-refractivity contribution is 8.00.